The third-order valence-electron chi connectivity index (χ3n) is 4.71. The molecule has 38 heavy (non-hydrogen) atoms. The summed E-state index contributed by atoms with van der Waals surface area (Å²) in [6.07, 6.45) is 1.84. The van der Waals surface area contributed by atoms with E-state index >= 15 is 0 Å². The summed E-state index contributed by atoms with van der Waals surface area (Å²) in [6.45, 7) is 10.7. The highest BCUT2D eigenvalue weighted by atomic mass is 16.6. The van der Waals surface area contributed by atoms with Crippen molar-refractivity contribution in [2.24, 2.45) is 0 Å². The number of rotatable bonds is 5. The molecule has 8 nitrogen and oxygen atoms in total. The first-order valence-corrected chi connectivity index (χ1v) is 12.2. The number of carbonyl (C=O) groups excluding carboxylic acids is 2. The molecule has 0 aliphatic heterocycles. The number of pyridine rings is 2. The zero-order chi connectivity index (χ0) is 27.8. The number of hydrogen-bond donors (Lipinski definition) is 0. The molecular formula is C30H33N3O5. The maximum absolute atomic E-state index is 13.0. The Bertz CT molecular complexity index is 1270. The maximum Gasteiger partial charge on any atom is 0.425 e. The van der Waals surface area contributed by atoms with Crippen molar-refractivity contribution >= 4 is 18.0 Å². The Morgan fingerprint density at radius 2 is 1.39 bits per heavy atom. The summed E-state index contributed by atoms with van der Waals surface area (Å²) in [5.74, 6) is 6.76. The van der Waals surface area contributed by atoms with Crippen LogP contribution < -0.4 is 9.64 Å². The number of benzene rings is 1. The van der Waals surface area contributed by atoms with E-state index in [1.807, 2.05) is 42.5 Å². The summed E-state index contributed by atoms with van der Waals surface area (Å²) in [4.78, 5) is 35.2. The first kappa shape index (κ1) is 28.2. The van der Waals surface area contributed by atoms with Crippen molar-refractivity contribution in [2.75, 3.05) is 4.90 Å². The molecule has 3 rings (SSSR count). The van der Waals surface area contributed by atoms with Gasteiger partial charge in [0.2, 0.25) is 5.88 Å². The van der Waals surface area contributed by atoms with Gasteiger partial charge in [0.15, 0.2) is 5.82 Å². The molecular weight excluding hydrogens is 482 g/mol. The maximum atomic E-state index is 13.0. The number of anilines is 1. The largest absolute Gasteiger partial charge is 0.473 e. The Morgan fingerprint density at radius 3 is 1.97 bits per heavy atom. The molecule has 0 spiro atoms. The van der Waals surface area contributed by atoms with Crippen LogP contribution in [0.15, 0.2) is 67.0 Å². The van der Waals surface area contributed by atoms with Gasteiger partial charge in [-0.15, -0.1) is 0 Å². The predicted octanol–water partition coefficient (Wildman–Crippen LogP) is 6.33. The van der Waals surface area contributed by atoms with E-state index in [4.69, 9.17) is 14.2 Å². The second kappa shape index (κ2) is 12.2. The number of imide groups is 1. The minimum Gasteiger partial charge on any atom is -0.473 e. The van der Waals surface area contributed by atoms with Crippen molar-refractivity contribution in [3.05, 3.63) is 83.7 Å². The van der Waals surface area contributed by atoms with Crippen molar-refractivity contribution in [3.63, 3.8) is 0 Å². The molecule has 0 bridgehead atoms. The van der Waals surface area contributed by atoms with Gasteiger partial charge in [-0.05, 0) is 70.9 Å². The van der Waals surface area contributed by atoms with Crippen LogP contribution in [0, 0.1) is 11.8 Å². The number of ether oxygens (including phenoxy) is 3. The van der Waals surface area contributed by atoms with Crippen molar-refractivity contribution < 1.29 is 23.8 Å². The number of aromatic nitrogens is 2. The Labute approximate surface area is 224 Å². The molecule has 1 aromatic carbocycles. The van der Waals surface area contributed by atoms with Gasteiger partial charge in [0.25, 0.3) is 0 Å². The van der Waals surface area contributed by atoms with Gasteiger partial charge in [-0.1, -0.05) is 42.2 Å². The third-order valence-corrected chi connectivity index (χ3v) is 4.71. The second-order valence-electron chi connectivity index (χ2n) is 10.4. The van der Waals surface area contributed by atoms with Crippen LogP contribution in [0.2, 0.25) is 0 Å². The van der Waals surface area contributed by atoms with Gasteiger partial charge >= 0.3 is 12.2 Å². The molecule has 198 valence electrons. The minimum absolute atomic E-state index is 0.0468. The van der Waals surface area contributed by atoms with E-state index in [0.29, 0.717) is 24.5 Å². The number of hydrogen-bond acceptors (Lipinski definition) is 7. The third kappa shape index (κ3) is 8.93. The first-order valence-electron chi connectivity index (χ1n) is 12.2. The van der Waals surface area contributed by atoms with Crippen LogP contribution in [-0.4, -0.2) is 33.4 Å². The Morgan fingerprint density at radius 1 is 0.789 bits per heavy atom. The SMILES string of the molecule is CC(C)(C)OC(=O)N(C(=O)OC(C)(C)C)c1ncccc1C#CCc1ccc(COc2ccccn2)cc1. The topological polar surface area (TPSA) is 90.9 Å². The zero-order valence-corrected chi connectivity index (χ0v) is 22.6. The van der Waals surface area contributed by atoms with Crippen molar-refractivity contribution in [3.8, 4) is 17.7 Å². The standard InChI is InChI=1S/C30H33N3O5/c1-29(2,3)37-27(34)33(28(35)38-30(4,5)6)26-24(13-10-20-32-26)12-9-11-22-15-17-23(18-16-22)21-36-25-14-7-8-19-31-25/h7-8,10,13-20H,11,21H2,1-6H3. The normalized spacial score (nSPS) is 11.1. The Kier molecular flexibility index (Phi) is 9.08. The Balaban J connectivity index is 1.77. The molecule has 0 atom stereocenters. The molecule has 0 saturated carbocycles. The van der Waals surface area contributed by atoms with Crippen molar-refractivity contribution in [2.45, 2.75) is 65.8 Å². The van der Waals surface area contributed by atoms with Crippen LogP contribution in [0.1, 0.15) is 58.2 Å². The van der Waals surface area contributed by atoms with Crippen LogP contribution in [0.4, 0.5) is 15.4 Å². The molecule has 2 aromatic heterocycles. The van der Waals surface area contributed by atoms with E-state index in [1.54, 1.807) is 59.9 Å². The lowest BCUT2D eigenvalue weighted by atomic mass is 10.1. The molecule has 0 fully saturated rings. The molecule has 0 N–H and O–H groups in total. The van der Waals surface area contributed by atoms with Crippen molar-refractivity contribution in [1.82, 2.24) is 9.97 Å². The summed E-state index contributed by atoms with van der Waals surface area (Å²) in [6, 6.07) is 16.8. The summed E-state index contributed by atoms with van der Waals surface area (Å²) < 4.78 is 16.6. The summed E-state index contributed by atoms with van der Waals surface area (Å²) in [5, 5.41) is 0. The molecule has 8 heteroatoms. The van der Waals surface area contributed by atoms with Gasteiger partial charge < -0.3 is 14.2 Å². The smallest absolute Gasteiger partial charge is 0.425 e. The fourth-order valence-corrected chi connectivity index (χ4v) is 3.12. The van der Waals surface area contributed by atoms with Gasteiger partial charge in [0, 0.05) is 24.9 Å². The first-order chi connectivity index (χ1) is 17.9. The molecule has 0 radical (unpaired) electrons. The summed E-state index contributed by atoms with van der Waals surface area (Å²) >= 11 is 0. The predicted molar refractivity (Wildman–Crippen MR) is 145 cm³/mol. The van der Waals surface area contributed by atoms with Crippen LogP contribution >= 0.6 is 0 Å². The van der Waals surface area contributed by atoms with Crippen LogP contribution in [0.5, 0.6) is 5.88 Å². The minimum atomic E-state index is -0.892. The van der Waals surface area contributed by atoms with Crippen LogP contribution in [-0.2, 0) is 22.5 Å². The number of carbonyl (C=O) groups is 2. The van der Waals surface area contributed by atoms with E-state index in [9.17, 15) is 9.59 Å². The molecule has 2 heterocycles. The lowest BCUT2D eigenvalue weighted by Crippen LogP contribution is -2.44. The summed E-state index contributed by atoms with van der Waals surface area (Å²) in [7, 11) is 0. The molecule has 0 saturated heterocycles. The lowest BCUT2D eigenvalue weighted by molar-refractivity contribution is 0.0429. The molecule has 0 aliphatic rings. The van der Waals surface area contributed by atoms with E-state index < -0.39 is 23.4 Å². The lowest BCUT2D eigenvalue weighted by Gasteiger charge is -2.28. The average molecular weight is 516 g/mol. The van der Waals surface area contributed by atoms with E-state index in [-0.39, 0.29) is 5.82 Å². The highest BCUT2D eigenvalue weighted by molar-refractivity contribution is 6.09. The van der Waals surface area contributed by atoms with Gasteiger partial charge in [0.1, 0.15) is 17.8 Å². The fraction of sp³-hybridized carbons (Fsp3) is 0.333. The second-order valence-corrected chi connectivity index (χ2v) is 10.4. The van der Waals surface area contributed by atoms with Gasteiger partial charge in [-0.25, -0.2) is 19.6 Å². The number of nitrogens with zero attached hydrogens (tertiary/aromatic N) is 3. The monoisotopic (exact) mass is 515 g/mol. The highest BCUT2D eigenvalue weighted by Crippen LogP contribution is 2.23. The van der Waals surface area contributed by atoms with Gasteiger partial charge in [-0.2, -0.15) is 4.90 Å². The van der Waals surface area contributed by atoms with E-state index in [0.717, 1.165) is 16.0 Å². The highest BCUT2D eigenvalue weighted by Gasteiger charge is 2.34. The molecule has 0 unspecified atom stereocenters. The average Bonchev–Trinajstić information content (AvgIpc) is 2.83. The van der Waals surface area contributed by atoms with Crippen LogP contribution in [0.25, 0.3) is 0 Å². The van der Waals surface area contributed by atoms with Crippen molar-refractivity contribution in [1.29, 1.82) is 0 Å². The zero-order valence-electron chi connectivity index (χ0n) is 22.6. The fourth-order valence-electron chi connectivity index (χ4n) is 3.12. The van der Waals surface area contributed by atoms with Gasteiger partial charge in [0.05, 0.1) is 5.56 Å². The van der Waals surface area contributed by atoms with E-state index in [2.05, 4.69) is 21.8 Å². The molecule has 3 aromatic rings. The molecule has 2 amide bonds. The van der Waals surface area contributed by atoms with Crippen LogP contribution in [0.3, 0.4) is 0 Å². The summed E-state index contributed by atoms with van der Waals surface area (Å²) in [5.41, 5.74) is 0.747. The van der Waals surface area contributed by atoms with E-state index in [1.165, 1.54) is 6.20 Å². The molecule has 0 aliphatic carbocycles. The number of amides is 2. The Hall–Kier alpha value is -4.38. The quantitative estimate of drug-likeness (QED) is 0.367. The van der Waals surface area contributed by atoms with Gasteiger partial charge in [-0.3, -0.25) is 0 Å².